The Morgan fingerprint density at radius 3 is 2.67 bits per heavy atom. The lowest BCUT2D eigenvalue weighted by molar-refractivity contribution is -0.140. The predicted molar refractivity (Wildman–Crippen MR) is 116 cm³/mol. The van der Waals surface area contributed by atoms with E-state index in [-0.39, 0.29) is 16.9 Å². The van der Waals surface area contributed by atoms with Gasteiger partial charge in [-0.15, -0.1) is 0 Å². The molecule has 1 saturated heterocycles. The molecule has 8 nitrogen and oxygen atoms in total. The van der Waals surface area contributed by atoms with Crippen molar-refractivity contribution in [2.75, 3.05) is 18.0 Å². The molecule has 1 aliphatic heterocycles. The Morgan fingerprint density at radius 2 is 1.97 bits per heavy atom. The van der Waals surface area contributed by atoms with Crippen molar-refractivity contribution in [1.29, 1.82) is 0 Å². The molecule has 0 bridgehead atoms. The molecular weight excluding hydrogens is 435 g/mol. The Kier molecular flexibility index (Phi) is 4.36. The number of nitrogens with one attached hydrogen (secondary N) is 1. The number of nitrogens with two attached hydrogens (primary N) is 1. The van der Waals surface area contributed by atoms with Crippen LogP contribution < -0.4 is 10.6 Å². The number of aliphatic hydroxyl groups excluding tert-OH is 1. The van der Waals surface area contributed by atoms with Crippen molar-refractivity contribution >= 4 is 27.8 Å². The topological polar surface area (TPSA) is 117 Å². The molecule has 2 unspecified atom stereocenters. The van der Waals surface area contributed by atoms with Crippen molar-refractivity contribution in [3.05, 3.63) is 42.0 Å². The average Bonchev–Trinajstić information content (AvgIpc) is 3.43. The van der Waals surface area contributed by atoms with Crippen molar-refractivity contribution < 1.29 is 18.3 Å². The van der Waals surface area contributed by atoms with Crippen molar-refractivity contribution in [3.63, 3.8) is 0 Å². The van der Waals surface area contributed by atoms with Crippen molar-refractivity contribution in [2.24, 2.45) is 5.73 Å². The molecule has 4 N–H and O–H groups in total. The van der Waals surface area contributed by atoms with E-state index in [4.69, 9.17) is 15.7 Å². The normalized spacial score (nSPS) is 21.4. The minimum absolute atomic E-state index is 0.105. The number of aliphatic hydroxyl groups is 1. The maximum absolute atomic E-state index is 13.3. The van der Waals surface area contributed by atoms with E-state index in [1.54, 1.807) is 12.3 Å². The van der Waals surface area contributed by atoms with Crippen LogP contribution >= 0.6 is 0 Å². The van der Waals surface area contributed by atoms with Gasteiger partial charge in [0.2, 0.25) is 0 Å². The first-order chi connectivity index (χ1) is 15.8. The molecule has 4 aromatic rings. The monoisotopic (exact) mass is 455 g/mol. The number of anilines is 1. The summed E-state index contributed by atoms with van der Waals surface area (Å²) in [6, 6.07) is 2.21. The van der Waals surface area contributed by atoms with Gasteiger partial charge in [0.25, 0.3) is 0 Å². The summed E-state index contributed by atoms with van der Waals surface area (Å²) in [5.74, 6) is 1.26. The van der Waals surface area contributed by atoms with Gasteiger partial charge in [-0.3, -0.25) is 4.98 Å². The fourth-order valence-electron chi connectivity index (χ4n) is 4.50. The SMILES string of the molecule is NC1CN(c2nc(-c3ccnc4[nH]c(C(F)(F)F)cc34)nc3cncc(C4CC4)c23)CC1O. The molecule has 1 saturated carbocycles. The smallest absolute Gasteiger partial charge is 0.390 e. The first kappa shape index (κ1) is 20.3. The van der Waals surface area contributed by atoms with E-state index in [0.717, 1.165) is 29.9 Å². The molecule has 33 heavy (non-hydrogen) atoms. The van der Waals surface area contributed by atoms with Gasteiger partial charge in [0.1, 0.15) is 17.2 Å². The average molecular weight is 455 g/mol. The first-order valence-corrected chi connectivity index (χ1v) is 10.7. The molecule has 0 amide bonds. The highest BCUT2D eigenvalue weighted by Gasteiger charge is 2.35. The maximum Gasteiger partial charge on any atom is 0.431 e. The van der Waals surface area contributed by atoms with Crippen LogP contribution in [0.2, 0.25) is 0 Å². The van der Waals surface area contributed by atoms with Crippen molar-refractivity contribution in [3.8, 4) is 11.4 Å². The Labute approximate surface area is 185 Å². The van der Waals surface area contributed by atoms with Gasteiger partial charge in [0.15, 0.2) is 5.82 Å². The standard InChI is InChI=1S/C22H20F3N7O/c23-22(24,25)17-5-12-11(3-4-28-19(12)30-17)20-29-15-7-27-6-13(10-1-2-10)18(15)21(31-20)32-8-14(26)16(33)9-32/h3-7,10,14,16,33H,1-2,8-9,26H2,(H,28,30). The van der Waals surface area contributed by atoms with Crippen LogP contribution in [0.5, 0.6) is 0 Å². The number of hydrogen-bond acceptors (Lipinski definition) is 7. The van der Waals surface area contributed by atoms with E-state index in [9.17, 15) is 18.3 Å². The van der Waals surface area contributed by atoms with E-state index >= 15 is 0 Å². The fraction of sp³-hybridized carbons (Fsp3) is 0.364. The number of aromatic nitrogens is 5. The van der Waals surface area contributed by atoms with Crippen LogP contribution in [-0.2, 0) is 6.18 Å². The third-order valence-electron chi connectivity index (χ3n) is 6.34. The number of hydrogen-bond donors (Lipinski definition) is 3. The third kappa shape index (κ3) is 3.39. The van der Waals surface area contributed by atoms with Gasteiger partial charge in [0.05, 0.1) is 17.8 Å². The Bertz CT molecular complexity index is 1370. The van der Waals surface area contributed by atoms with Gasteiger partial charge in [-0.2, -0.15) is 13.2 Å². The summed E-state index contributed by atoms with van der Waals surface area (Å²) >= 11 is 0. The number of alkyl halides is 3. The van der Waals surface area contributed by atoms with Crippen LogP contribution in [-0.4, -0.2) is 55.3 Å². The van der Waals surface area contributed by atoms with E-state index in [1.807, 2.05) is 11.1 Å². The second-order valence-electron chi connectivity index (χ2n) is 8.71. The number of aromatic amines is 1. The number of nitrogens with zero attached hydrogens (tertiary/aromatic N) is 5. The molecule has 0 aromatic carbocycles. The number of pyridine rings is 2. The number of rotatable bonds is 3. The highest BCUT2D eigenvalue weighted by Crippen LogP contribution is 2.45. The van der Waals surface area contributed by atoms with E-state index in [0.29, 0.717) is 35.9 Å². The summed E-state index contributed by atoms with van der Waals surface area (Å²) in [4.78, 5) is 22.2. The number of fused-ring (bicyclic) bond motifs is 2. The van der Waals surface area contributed by atoms with Gasteiger partial charge in [-0.25, -0.2) is 15.0 Å². The third-order valence-corrected chi connectivity index (χ3v) is 6.34. The summed E-state index contributed by atoms with van der Waals surface area (Å²) in [5.41, 5.74) is 7.36. The van der Waals surface area contributed by atoms with Crippen LogP contribution in [0.4, 0.5) is 19.0 Å². The number of halogens is 3. The van der Waals surface area contributed by atoms with Crippen LogP contribution in [0.3, 0.4) is 0 Å². The van der Waals surface area contributed by atoms with Gasteiger partial charge in [-0.1, -0.05) is 0 Å². The highest BCUT2D eigenvalue weighted by molar-refractivity contribution is 5.97. The molecule has 6 rings (SSSR count). The van der Waals surface area contributed by atoms with Crippen LogP contribution in [0.25, 0.3) is 33.3 Å². The molecule has 0 radical (unpaired) electrons. The lowest BCUT2D eigenvalue weighted by Gasteiger charge is -2.21. The molecular formula is C22H20F3N7O. The zero-order valence-corrected chi connectivity index (χ0v) is 17.3. The second kappa shape index (κ2) is 7.09. The van der Waals surface area contributed by atoms with Crippen LogP contribution in [0.1, 0.15) is 30.0 Å². The van der Waals surface area contributed by atoms with Crippen LogP contribution in [0, 0.1) is 0 Å². The molecule has 2 aliphatic rings. The Hall–Kier alpha value is -3.31. The summed E-state index contributed by atoms with van der Waals surface area (Å²) in [7, 11) is 0. The summed E-state index contributed by atoms with van der Waals surface area (Å²) in [5, 5.41) is 11.4. The predicted octanol–water partition coefficient (Wildman–Crippen LogP) is 2.97. The van der Waals surface area contributed by atoms with Gasteiger partial charge in [-0.05, 0) is 36.5 Å². The molecule has 2 fully saturated rings. The van der Waals surface area contributed by atoms with Gasteiger partial charge in [0, 0.05) is 47.9 Å². The fourth-order valence-corrected chi connectivity index (χ4v) is 4.50. The molecule has 5 heterocycles. The lowest BCUT2D eigenvalue weighted by atomic mass is 10.1. The van der Waals surface area contributed by atoms with Gasteiger partial charge < -0.3 is 20.7 Å². The van der Waals surface area contributed by atoms with E-state index in [1.165, 1.54) is 6.20 Å². The van der Waals surface area contributed by atoms with Crippen molar-refractivity contribution in [2.45, 2.75) is 37.1 Å². The summed E-state index contributed by atoms with van der Waals surface area (Å²) in [6.07, 6.45) is 1.77. The molecule has 170 valence electrons. The lowest BCUT2D eigenvalue weighted by Crippen LogP contribution is -2.32. The Balaban J connectivity index is 1.58. The summed E-state index contributed by atoms with van der Waals surface area (Å²) < 4.78 is 39.9. The van der Waals surface area contributed by atoms with E-state index in [2.05, 4.69) is 15.0 Å². The molecule has 2 atom stereocenters. The largest absolute Gasteiger partial charge is 0.431 e. The summed E-state index contributed by atoms with van der Waals surface area (Å²) in [6.45, 7) is 0.723. The molecule has 4 aromatic heterocycles. The zero-order chi connectivity index (χ0) is 22.9. The first-order valence-electron chi connectivity index (χ1n) is 10.7. The quantitative estimate of drug-likeness (QED) is 0.435. The highest BCUT2D eigenvalue weighted by atomic mass is 19.4. The molecule has 11 heteroatoms. The molecule has 0 spiro atoms. The number of H-pyrrole nitrogens is 1. The van der Waals surface area contributed by atoms with Crippen LogP contribution in [0.15, 0.2) is 30.7 Å². The molecule has 1 aliphatic carbocycles. The van der Waals surface area contributed by atoms with E-state index < -0.39 is 24.0 Å². The number of β-amino-alcohol motifs (C(OH)–C–C–N with tert-alkyl or cyclic N) is 1. The maximum atomic E-state index is 13.3. The van der Waals surface area contributed by atoms with Crippen molar-refractivity contribution in [1.82, 2.24) is 24.9 Å². The second-order valence-corrected chi connectivity index (χ2v) is 8.71. The minimum Gasteiger partial charge on any atom is -0.390 e. The van der Waals surface area contributed by atoms with Gasteiger partial charge >= 0.3 is 6.18 Å². The minimum atomic E-state index is -4.53. The Morgan fingerprint density at radius 1 is 1.15 bits per heavy atom. The zero-order valence-electron chi connectivity index (χ0n) is 17.3.